The van der Waals surface area contributed by atoms with E-state index in [-0.39, 0.29) is 5.82 Å². The molecule has 0 bridgehead atoms. The number of rotatable bonds is 1. The zero-order chi connectivity index (χ0) is 14.3. The largest absolute Gasteiger partial charge is 0.383 e. The normalized spacial score (nSPS) is 10.9. The number of hydrogen-bond donors (Lipinski definition) is 1. The Morgan fingerprint density at radius 1 is 0.950 bits per heavy atom. The Morgan fingerprint density at radius 2 is 1.65 bits per heavy atom. The molecule has 2 N–H and O–H groups in total. The van der Waals surface area contributed by atoms with Crippen molar-refractivity contribution in [3.05, 3.63) is 53.3 Å². The first-order valence-electron chi connectivity index (χ1n) is 6.35. The molecule has 3 rings (SSSR count). The summed E-state index contributed by atoms with van der Waals surface area (Å²) in [7, 11) is 0. The zero-order valence-corrected chi connectivity index (χ0v) is 11.3. The van der Waals surface area contributed by atoms with Crippen LogP contribution in [0.3, 0.4) is 0 Å². The van der Waals surface area contributed by atoms with Gasteiger partial charge in [-0.3, -0.25) is 0 Å². The van der Waals surface area contributed by atoms with Gasteiger partial charge in [-0.25, -0.2) is 14.4 Å². The van der Waals surface area contributed by atoms with Crippen LogP contribution in [0.1, 0.15) is 11.1 Å². The van der Waals surface area contributed by atoms with Gasteiger partial charge in [-0.15, -0.1) is 0 Å². The summed E-state index contributed by atoms with van der Waals surface area (Å²) < 4.78 is 13.9. The molecular formula is C16H14FN3. The summed E-state index contributed by atoms with van der Waals surface area (Å²) in [5.41, 5.74) is 9.11. The molecular weight excluding hydrogens is 253 g/mol. The fourth-order valence-electron chi connectivity index (χ4n) is 2.20. The lowest BCUT2D eigenvalue weighted by molar-refractivity contribution is 0.629. The minimum atomic E-state index is -0.346. The monoisotopic (exact) mass is 267 g/mol. The smallest absolute Gasteiger partial charge is 0.165 e. The molecule has 3 aromatic rings. The highest BCUT2D eigenvalue weighted by Gasteiger charge is 2.11. The summed E-state index contributed by atoms with van der Waals surface area (Å²) in [6.45, 7) is 3.88. The first-order chi connectivity index (χ1) is 9.54. The second-order valence-corrected chi connectivity index (χ2v) is 4.94. The van der Waals surface area contributed by atoms with E-state index in [1.54, 1.807) is 12.1 Å². The molecule has 0 unspecified atom stereocenters. The summed E-state index contributed by atoms with van der Waals surface area (Å²) in [5, 5.41) is 0.793. The van der Waals surface area contributed by atoms with Crippen molar-refractivity contribution in [2.45, 2.75) is 13.8 Å². The number of hydrogen-bond acceptors (Lipinski definition) is 3. The molecule has 20 heavy (non-hydrogen) atoms. The molecule has 0 aliphatic rings. The van der Waals surface area contributed by atoms with Crippen molar-refractivity contribution >= 4 is 16.7 Å². The van der Waals surface area contributed by atoms with Crippen molar-refractivity contribution in [1.82, 2.24) is 9.97 Å². The number of anilines is 1. The fraction of sp³-hybridized carbons (Fsp3) is 0.125. The van der Waals surface area contributed by atoms with Gasteiger partial charge in [0.1, 0.15) is 11.6 Å². The van der Waals surface area contributed by atoms with Crippen molar-refractivity contribution in [1.29, 1.82) is 0 Å². The molecule has 1 aromatic heterocycles. The Balaban J connectivity index is 2.27. The maximum atomic E-state index is 13.9. The Hall–Kier alpha value is -2.49. The Kier molecular flexibility index (Phi) is 2.86. The Morgan fingerprint density at radius 3 is 2.45 bits per heavy atom. The van der Waals surface area contributed by atoms with E-state index in [1.807, 2.05) is 32.0 Å². The maximum absolute atomic E-state index is 13.9. The van der Waals surface area contributed by atoms with Crippen LogP contribution in [-0.4, -0.2) is 9.97 Å². The molecule has 1 heterocycles. The van der Waals surface area contributed by atoms with E-state index in [0.717, 1.165) is 22.0 Å². The van der Waals surface area contributed by atoms with Crippen LogP contribution in [0.15, 0.2) is 36.4 Å². The van der Waals surface area contributed by atoms with Gasteiger partial charge in [0.15, 0.2) is 5.82 Å². The average Bonchev–Trinajstić information content (AvgIpc) is 2.42. The Bertz CT molecular complexity index is 812. The second kappa shape index (κ2) is 4.56. The highest BCUT2D eigenvalue weighted by atomic mass is 19.1. The SMILES string of the molecule is Cc1ccc(F)c(-c2nc(N)c3cc(C)ccc3n2)c1. The third-order valence-electron chi connectivity index (χ3n) is 3.24. The molecule has 0 atom stereocenters. The predicted octanol–water partition coefficient (Wildman–Crippen LogP) is 3.63. The summed E-state index contributed by atoms with van der Waals surface area (Å²) in [6, 6.07) is 10.6. The summed E-state index contributed by atoms with van der Waals surface area (Å²) in [4.78, 5) is 8.66. The number of benzene rings is 2. The third-order valence-corrected chi connectivity index (χ3v) is 3.24. The lowest BCUT2D eigenvalue weighted by Gasteiger charge is -2.07. The lowest BCUT2D eigenvalue weighted by atomic mass is 10.1. The van der Waals surface area contributed by atoms with Gasteiger partial charge in [0.25, 0.3) is 0 Å². The number of nitrogen functional groups attached to an aromatic ring is 1. The van der Waals surface area contributed by atoms with E-state index < -0.39 is 0 Å². The summed E-state index contributed by atoms with van der Waals surface area (Å²) in [6.07, 6.45) is 0. The molecule has 4 heteroatoms. The minimum Gasteiger partial charge on any atom is -0.383 e. The van der Waals surface area contributed by atoms with Crippen LogP contribution < -0.4 is 5.73 Å². The van der Waals surface area contributed by atoms with Gasteiger partial charge in [-0.1, -0.05) is 23.3 Å². The molecule has 0 aliphatic heterocycles. The van der Waals surface area contributed by atoms with Crippen molar-refractivity contribution in [2.75, 3.05) is 5.73 Å². The van der Waals surface area contributed by atoms with Gasteiger partial charge >= 0.3 is 0 Å². The van der Waals surface area contributed by atoms with Crippen molar-refractivity contribution < 1.29 is 4.39 Å². The van der Waals surface area contributed by atoms with Gasteiger partial charge < -0.3 is 5.73 Å². The van der Waals surface area contributed by atoms with Crippen LogP contribution in [0, 0.1) is 19.7 Å². The molecule has 0 radical (unpaired) electrons. The van der Waals surface area contributed by atoms with Crippen molar-refractivity contribution in [3.63, 3.8) is 0 Å². The summed E-state index contributed by atoms with van der Waals surface area (Å²) in [5.74, 6) is 0.344. The maximum Gasteiger partial charge on any atom is 0.165 e. The number of aryl methyl sites for hydroxylation is 2. The minimum absolute atomic E-state index is 0.319. The van der Waals surface area contributed by atoms with E-state index >= 15 is 0 Å². The highest BCUT2D eigenvalue weighted by molar-refractivity contribution is 5.90. The van der Waals surface area contributed by atoms with E-state index in [0.29, 0.717) is 17.2 Å². The van der Waals surface area contributed by atoms with Gasteiger partial charge in [0, 0.05) is 5.39 Å². The van der Waals surface area contributed by atoms with E-state index in [1.165, 1.54) is 6.07 Å². The summed E-state index contributed by atoms with van der Waals surface area (Å²) >= 11 is 0. The van der Waals surface area contributed by atoms with E-state index in [4.69, 9.17) is 5.73 Å². The molecule has 0 aliphatic carbocycles. The average molecular weight is 267 g/mol. The van der Waals surface area contributed by atoms with E-state index in [2.05, 4.69) is 9.97 Å². The van der Waals surface area contributed by atoms with Gasteiger partial charge in [-0.2, -0.15) is 0 Å². The van der Waals surface area contributed by atoms with Crippen LogP contribution in [0.2, 0.25) is 0 Å². The van der Waals surface area contributed by atoms with Gasteiger partial charge in [-0.05, 0) is 38.1 Å². The first kappa shape index (κ1) is 12.5. The molecule has 0 saturated carbocycles. The quantitative estimate of drug-likeness (QED) is 0.732. The predicted molar refractivity (Wildman–Crippen MR) is 78.8 cm³/mol. The highest BCUT2D eigenvalue weighted by Crippen LogP contribution is 2.26. The zero-order valence-electron chi connectivity index (χ0n) is 11.3. The second-order valence-electron chi connectivity index (χ2n) is 4.94. The number of aromatic nitrogens is 2. The first-order valence-corrected chi connectivity index (χ1v) is 6.35. The molecule has 0 saturated heterocycles. The van der Waals surface area contributed by atoms with Crippen molar-refractivity contribution in [3.8, 4) is 11.4 Å². The lowest BCUT2D eigenvalue weighted by Crippen LogP contribution is -1.99. The fourth-order valence-corrected chi connectivity index (χ4v) is 2.20. The van der Waals surface area contributed by atoms with E-state index in [9.17, 15) is 4.39 Å². The van der Waals surface area contributed by atoms with Crippen LogP contribution in [-0.2, 0) is 0 Å². The Labute approximate surface area is 116 Å². The number of fused-ring (bicyclic) bond motifs is 1. The van der Waals surface area contributed by atoms with Crippen molar-refractivity contribution in [2.24, 2.45) is 0 Å². The van der Waals surface area contributed by atoms with Crippen LogP contribution in [0.5, 0.6) is 0 Å². The molecule has 0 amide bonds. The van der Waals surface area contributed by atoms with Crippen LogP contribution in [0.4, 0.5) is 10.2 Å². The van der Waals surface area contributed by atoms with Crippen LogP contribution >= 0.6 is 0 Å². The number of halogens is 1. The standard InChI is InChI=1S/C16H14FN3/c1-9-3-5-13(17)11(7-9)16-19-14-6-4-10(2)8-12(14)15(18)20-16/h3-8H,1-2H3,(H2,18,19,20). The molecule has 0 spiro atoms. The number of nitrogens with two attached hydrogens (primary N) is 1. The topological polar surface area (TPSA) is 51.8 Å². The van der Waals surface area contributed by atoms with Gasteiger partial charge in [0.05, 0.1) is 11.1 Å². The molecule has 3 nitrogen and oxygen atoms in total. The molecule has 0 fully saturated rings. The third kappa shape index (κ3) is 2.09. The molecule has 2 aromatic carbocycles. The van der Waals surface area contributed by atoms with Gasteiger partial charge in [0.2, 0.25) is 0 Å². The molecule has 100 valence electrons. The number of nitrogens with zero attached hydrogens (tertiary/aromatic N) is 2. The van der Waals surface area contributed by atoms with Crippen LogP contribution in [0.25, 0.3) is 22.3 Å².